The predicted octanol–water partition coefficient (Wildman–Crippen LogP) is 3.33. The minimum atomic E-state index is -3.30. The fourth-order valence-corrected chi connectivity index (χ4v) is 4.32. The maximum atomic E-state index is 12.5. The highest BCUT2D eigenvalue weighted by Crippen LogP contribution is 2.18. The monoisotopic (exact) mass is 313 g/mol. The van der Waals surface area contributed by atoms with Crippen LogP contribution >= 0.6 is 11.3 Å². The lowest BCUT2D eigenvalue weighted by molar-refractivity contribution is 0.356. The van der Waals surface area contributed by atoms with Gasteiger partial charge in [-0.05, 0) is 40.4 Å². The Kier molecular flexibility index (Phi) is 5.01. The minimum Gasteiger partial charge on any atom is -0.468 e. The quantitative estimate of drug-likeness (QED) is 0.788. The number of furan rings is 1. The van der Waals surface area contributed by atoms with Gasteiger partial charge >= 0.3 is 0 Å². The number of hydrogen-bond acceptors (Lipinski definition) is 4. The summed E-state index contributed by atoms with van der Waals surface area (Å²) in [6, 6.07) is 5.52. The van der Waals surface area contributed by atoms with Gasteiger partial charge in [0, 0.05) is 6.54 Å². The Morgan fingerprint density at radius 2 is 2.10 bits per heavy atom. The van der Waals surface area contributed by atoms with Gasteiger partial charge in [0.2, 0.25) is 10.0 Å². The van der Waals surface area contributed by atoms with Gasteiger partial charge in [-0.2, -0.15) is 15.6 Å². The van der Waals surface area contributed by atoms with Crippen molar-refractivity contribution in [2.24, 2.45) is 5.92 Å². The summed E-state index contributed by atoms with van der Waals surface area (Å²) in [5.74, 6) is 0.909. The smallest absolute Gasteiger partial charge is 0.215 e. The van der Waals surface area contributed by atoms with Crippen LogP contribution < -0.4 is 0 Å². The molecule has 0 N–H and O–H groups in total. The third kappa shape index (κ3) is 4.19. The van der Waals surface area contributed by atoms with Gasteiger partial charge in [-0.3, -0.25) is 0 Å². The molecular formula is C14H19NO3S2. The second-order valence-corrected chi connectivity index (χ2v) is 7.95. The second kappa shape index (κ2) is 6.56. The summed E-state index contributed by atoms with van der Waals surface area (Å²) in [5, 5.41) is 3.93. The van der Waals surface area contributed by atoms with Crippen molar-refractivity contribution in [3.05, 3.63) is 46.5 Å². The highest BCUT2D eigenvalue weighted by atomic mass is 32.2. The van der Waals surface area contributed by atoms with Gasteiger partial charge in [0.05, 0.1) is 18.6 Å². The van der Waals surface area contributed by atoms with Crippen molar-refractivity contribution in [3.63, 3.8) is 0 Å². The fraction of sp³-hybridized carbons (Fsp3) is 0.429. The van der Waals surface area contributed by atoms with E-state index in [1.54, 1.807) is 29.7 Å². The van der Waals surface area contributed by atoms with Crippen LogP contribution in [0.3, 0.4) is 0 Å². The normalized spacial score (nSPS) is 12.4. The lowest BCUT2D eigenvalue weighted by atomic mass is 10.3. The zero-order valence-corrected chi connectivity index (χ0v) is 13.3. The van der Waals surface area contributed by atoms with Crippen LogP contribution in [0.4, 0.5) is 0 Å². The van der Waals surface area contributed by atoms with Crippen LogP contribution in [-0.4, -0.2) is 18.5 Å². The fourth-order valence-electron chi connectivity index (χ4n) is 1.94. The Morgan fingerprint density at radius 1 is 1.30 bits per heavy atom. The van der Waals surface area contributed by atoms with Crippen LogP contribution in [0.5, 0.6) is 0 Å². The van der Waals surface area contributed by atoms with E-state index in [4.69, 9.17) is 4.42 Å². The van der Waals surface area contributed by atoms with E-state index in [0.717, 1.165) is 5.56 Å². The SMILES string of the molecule is CC(C)CS(=O)(=O)N(Cc1ccsc1)Cc1ccco1. The number of nitrogens with zero attached hydrogens (tertiary/aromatic N) is 1. The highest BCUT2D eigenvalue weighted by molar-refractivity contribution is 7.89. The molecular weight excluding hydrogens is 294 g/mol. The number of sulfonamides is 1. The number of rotatable bonds is 7. The van der Waals surface area contributed by atoms with E-state index in [0.29, 0.717) is 12.3 Å². The molecule has 20 heavy (non-hydrogen) atoms. The van der Waals surface area contributed by atoms with Crippen molar-refractivity contribution in [2.75, 3.05) is 5.75 Å². The van der Waals surface area contributed by atoms with Crippen molar-refractivity contribution >= 4 is 21.4 Å². The van der Waals surface area contributed by atoms with Gasteiger partial charge in [0.25, 0.3) is 0 Å². The van der Waals surface area contributed by atoms with Gasteiger partial charge < -0.3 is 4.42 Å². The second-order valence-electron chi connectivity index (χ2n) is 5.15. The average molecular weight is 313 g/mol. The summed E-state index contributed by atoms with van der Waals surface area (Å²) in [4.78, 5) is 0. The van der Waals surface area contributed by atoms with E-state index in [9.17, 15) is 8.42 Å². The molecule has 0 spiro atoms. The lowest BCUT2D eigenvalue weighted by Crippen LogP contribution is -2.33. The van der Waals surface area contributed by atoms with Gasteiger partial charge in [-0.25, -0.2) is 8.42 Å². The van der Waals surface area contributed by atoms with Crippen molar-refractivity contribution in [3.8, 4) is 0 Å². The molecule has 0 atom stereocenters. The predicted molar refractivity (Wildman–Crippen MR) is 80.9 cm³/mol. The molecule has 0 aromatic carbocycles. The van der Waals surface area contributed by atoms with Gasteiger partial charge in [-0.1, -0.05) is 13.8 Å². The Bertz CT molecular complexity index is 565. The van der Waals surface area contributed by atoms with Gasteiger partial charge in [0.15, 0.2) is 0 Å². The van der Waals surface area contributed by atoms with E-state index in [1.165, 1.54) is 4.31 Å². The minimum absolute atomic E-state index is 0.0987. The topological polar surface area (TPSA) is 50.5 Å². The first kappa shape index (κ1) is 15.3. The van der Waals surface area contributed by atoms with E-state index >= 15 is 0 Å². The number of thiophene rings is 1. The van der Waals surface area contributed by atoms with Gasteiger partial charge in [-0.15, -0.1) is 0 Å². The standard InChI is InChI=1S/C14H19NO3S2/c1-12(2)11-20(16,17)15(8-13-5-7-19-10-13)9-14-4-3-6-18-14/h3-7,10,12H,8-9,11H2,1-2H3. The van der Waals surface area contributed by atoms with E-state index in [2.05, 4.69) is 0 Å². The van der Waals surface area contributed by atoms with Gasteiger partial charge in [0.1, 0.15) is 5.76 Å². The van der Waals surface area contributed by atoms with Crippen molar-refractivity contribution in [2.45, 2.75) is 26.9 Å². The Balaban J connectivity index is 2.19. The summed E-state index contributed by atoms with van der Waals surface area (Å²) in [6.07, 6.45) is 1.56. The Morgan fingerprint density at radius 3 is 2.65 bits per heavy atom. The van der Waals surface area contributed by atoms with E-state index in [1.807, 2.05) is 30.7 Å². The van der Waals surface area contributed by atoms with Crippen LogP contribution in [0.2, 0.25) is 0 Å². The summed E-state index contributed by atoms with van der Waals surface area (Å²) < 4.78 is 31.7. The van der Waals surface area contributed by atoms with E-state index < -0.39 is 10.0 Å². The van der Waals surface area contributed by atoms with E-state index in [-0.39, 0.29) is 18.2 Å². The third-order valence-electron chi connectivity index (χ3n) is 2.79. The molecule has 0 saturated carbocycles. The molecule has 0 unspecified atom stereocenters. The molecule has 0 fully saturated rings. The molecule has 2 aromatic heterocycles. The molecule has 0 bridgehead atoms. The molecule has 4 nitrogen and oxygen atoms in total. The average Bonchev–Trinajstić information content (AvgIpc) is 2.98. The summed E-state index contributed by atoms with van der Waals surface area (Å²) >= 11 is 1.57. The summed E-state index contributed by atoms with van der Waals surface area (Å²) in [6.45, 7) is 4.48. The molecule has 2 aromatic rings. The Labute approximate surface area is 124 Å². The van der Waals surface area contributed by atoms with Crippen molar-refractivity contribution in [1.82, 2.24) is 4.31 Å². The summed E-state index contributed by atoms with van der Waals surface area (Å²) in [7, 11) is -3.30. The zero-order valence-electron chi connectivity index (χ0n) is 11.7. The van der Waals surface area contributed by atoms with Crippen LogP contribution in [0.15, 0.2) is 39.6 Å². The Hall–Kier alpha value is -1.11. The molecule has 0 aliphatic carbocycles. The molecule has 2 rings (SSSR count). The zero-order chi connectivity index (χ0) is 14.6. The van der Waals surface area contributed by atoms with Crippen molar-refractivity contribution in [1.29, 1.82) is 0 Å². The molecule has 0 radical (unpaired) electrons. The highest BCUT2D eigenvalue weighted by Gasteiger charge is 2.24. The maximum absolute atomic E-state index is 12.5. The van der Waals surface area contributed by atoms with Crippen LogP contribution in [0, 0.1) is 5.92 Å². The van der Waals surface area contributed by atoms with Crippen LogP contribution in [-0.2, 0) is 23.1 Å². The first-order chi connectivity index (χ1) is 9.47. The third-order valence-corrected chi connectivity index (χ3v) is 5.65. The maximum Gasteiger partial charge on any atom is 0.215 e. The first-order valence-electron chi connectivity index (χ1n) is 6.48. The van der Waals surface area contributed by atoms with Crippen LogP contribution in [0.25, 0.3) is 0 Å². The first-order valence-corrected chi connectivity index (χ1v) is 9.04. The lowest BCUT2D eigenvalue weighted by Gasteiger charge is -2.22. The molecule has 110 valence electrons. The molecule has 0 aliphatic rings. The molecule has 0 saturated heterocycles. The van der Waals surface area contributed by atoms with Crippen LogP contribution in [0.1, 0.15) is 25.2 Å². The number of hydrogen-bond donors (Lipinski definition) is 0. The molecule has 0 amide bonds. The molecule has 6 heteroatoms. The molecule has 0 aliphatic heterocycles. The summed E-state index contributed by atoms with van der Waals surface area (Å²) in [5.41, 5.74) is 1.01. The largest absolute Gasteiger partial charge is 0.468 e. The molecule has 2 heterocycles. The van der Waals surface area contributed by atoms with Crippen molar-refractivity contribution < 1.29 is 12.8 Å².